The van der Waals surface area contributed by atoms with E-state index < -0.39 is 71.0 Å². The van der Waals surface area contributed by atoms with Crippen molar-refractivity contribution in [3.63, 3.8) is 0 Å². The lowest BCUT2D eigenvalue weighted by molar-refractivity contribution is -0.142. The van der Waals surface area contributed by atoms with Crippen LogP contribution in [0.1, 0.15) is 40.2 Å². The molecule has 206 valence electrons. The van der Waals surface area contributed by atoms with E-state index in [4.69, 9.17) is 0 Å². The van der Waals surface area contributed by atoms with Crippen molar-refractivity contribution in [3.05, 3.63) is 80.9 Å². The summed E-state index contributed by atoms with van der Waals surface area (Å²) in [6.45, 7) is 2.49. The highest BCUT2D eigenvalue weighted by Gasteiger charge is 2.70. The number of halogens is 8. The van der Waals surface area contributed by atoms with Crippen LogP contribution in [-0.4, -0.2) is 31.9 Å². The summed E-state index contributed by atoms with van der Waals surface area (Å²) in [6, 6.07) is 1.69. The van der Waals surface area contributed by atoms with E-state index in [1.54, 1.807) is 6.26 Å². The summed E-state index contributed by atoms with van der Waals surface area (Å²) in [5.74, 6) is -9.04. The van der Waals surface area contributed by atoms with Crippen molar-refractivity contribution in [2.24, 2.45) is 5.92 Å². The van der Waals surface area contributed by atoms with Crippen LogP contribution in [0.5, 0.6) is 0 Å². The molecule has 0 saturated heterocycles. The number of alkyl halides is 5. The van der Waals surface area contributed by atoms with Crippen LogP contribution in [0, 0.1) is 17.6 Å². The number of nitrogens with one attached hydrogen (secondary N) is 1. The number of carbonyl (C=O) groups excluding carboxylic acids is 1. The number of amides is 1. The van der Waals surface area contributed by atoms with Crippen molar-refractivity contribution in [2.45, 2.75) is 42.2 Å². The molecule has 0 bridgehead atoms. The SMILES string of the molecule is C=C1[C@@H]2c3c(C(F)(F)F)nn(CC(=O)N[C@@H](Cc4cc(F)cc(F)c4)c4nc(SC)ncc4Br)c3C(F)(F)[C@H]12. The third kappa shape index (κ3) is 4.94. The highest BCUT2D eigenvalue weighted by atomic mass is 79.9. The van der Waals surface area contributed by atoms with Crippen LogP contribution in [0.3, 0.4) is 0 Å². The molecule has 6 nitrogen and oxygen atoms in total. The quantitative estimate of drug-likeness (QED) is 0.151. The van der Waals surface area contributed by atoms with Gasteiger partial charge in [-0.15, -0.1) is 0 Å². The van der Waals surface area contributed by atoms with Gasteiger partial charge in [-0.05, 0) is 46.3 Å². The molecule has 0 spiro atoms. The molecule has 39 heavy (non-hydrogen) atoms. The predicted octanol–water partition coefficient (Wildman–Crippen LogP) is 5.93. The summed E-state index contributed by atoms with van der Waals surface area (Å²) >= 11 is 4.45. The lowest BCUT2D eigenvalue weighted by atomic mass is 10.0. The molecule has 2 aromatic heterocycles. The molecule has 5 rings (SSSR count). The van der Waals surface area contributed by atoms with Crippen molar-refractivity contribution in [2.75, 3.05) is 6.26 Å². The van der Waals surface area contributed by atoms with Crippen LogP contribution >= 0.6 is 27.7 Å². The fraction of sp³-hybridized carbons (Fsp3) is 0.333. The summed E-state index contributed by atoms with van der Waals surface area (Å²) in [5, 5.41) is 6.20. The van der Waals surface area contributed by atoms with Crippen LogP contribution in [0.15, 0.2) is 46.2 Å². The summed E-state index contributed by atoms with van der Waals surface area (Å²) in [4.78, 5) is 21.5. The first kappa shape index (κ1) is 27.6. The molecule has 1 amide bonds. The second-order valence-electron chi connectivity index (χ2n) is 9.11. The standard InChI is InChI=1S/C24H17BrF7N5OS/c1-9-16-17-20(24(30,31)32)36-37(21(17)23(28,29)18(9)16)8-15(38)34-14(5-10-3-11(26)6-12(27)4-10)19-13(25)7-33-22(35-19)39-2/h3-4,6-7,14,16,18H,1,5,8H2,2H3,(H,34,38)/t14-,16+,18+/m0/s1. The van der Waals surface area contributed by atoms with Gasteiger partial charge < -0.3 is 5.32 Å². The molecule has 1 saturated carbocycles. The van der Waals surface area contributed by atoms with Crippen LogP contribution in [0.25, 0.3) is 0 Å². The van der Waals surface area contributed by atoms with Gasteiger partial charge in [-0.3, -0.25) is 9.48 Å². The zero-order valence-electron chi connectivity index (χ0n) is 19.8. The molecule has 0 unspecified atom stereocenters. The zero-order valence-corrected chi connectivity index (χ0v) is 22.2. The van der Waals surface area contributed by atoms with Crippen molar-refractivity contribution >= 4 is 33.6 Å². The van der Waals surface area contributed by atoms with E-state index in [1.165, 1.54) is 18.0 Å². The molecular weight excluding hydrogens is 619 g/mol. The van der Waals surface area contributed by atoms with Gasteiger partial charge in [-0.2, -0.15) is 27.1 Å². The van der Waals surface area contributed by atoms with E-state index in [1.807, 2.05) is 0 Å². The molecule has 1 aromatic carbocycles. The number of thioether (sulfide) groups is 1. The van der Waals surface area contributed by atoms with Gasteiger partial charge in [0, 0.05) is 23.7 Å². The number of carbonyl (C=O) groups is 1. The number of hydrogen-bond donors (Lipinski definition) is 1. The van der Waals surface area contributed by atoms with E-state index >= 15 is 8.78 Å². The van der Waals surface area contributed by atoms with E-state index in [0.29, 0.717) is 20.4 Å². The van der Waals surface area contributed by atoms with Crippen molar-refractivity contribution < 1.29 is 35.5 Å². The van der Waals surface area contributed by atoms with E-state index in [9.17, 15) is 26.7 Å². The van der Waals surface area contributed by atoms with Crippen LogP contribution in [-0.2, 0) is 29.9 Å². The maximum Gasteiger partial charge on any atom is 0.435 e. The minimum atomic E-state index is -5.02. The van der Waals surface area contributed by atoms with Crippen LogP contribution in [0.2, 0.25) is 0 Å². The highest BCUT2D eigenvalue weighted by molar-refractivity contribution is 9.10. The first-order valence-corrected chi connectivity index (χ1v) is 13.3. The summed E-state index contributed by atoms with van der Waals surface area (Å²) < 4.78 is 99.5. The molecular formula is C24H17BrF7N5OS. The highest BCUT2D eigenvalue weighted by Crippen LogP contribution is 2.71. The molecule has 0 radical (unpaired) electrons. The van der Waals surface area contributed by atoms with Gasteiger partial charge >= 0.3 is 6.18 Å². The van der Waals surface area contributed by atoms with Gasteiger partial charge in [0.25, 0.3) is 5.92 Å². The fourth-order valence-electron chi connectivity index (χ4n) is 4.96. The average molecular weight is 636 g/mol. The number of aromatic nitrogens is 4. The lowest BCUT2D eigenvalue weighted by Gasteiger charge is -2.21. The summed E-state index contributed by atoms with van der Waals surface area (Å²) in [7, 11) is 0. The topological polar surface area (TPSA) is 72.7 Å². The van der Waals surface area contributed by atoms with Crippen molar-refractivity contribution in [1.82, 2.24) is 25.1 Å². The Labute approximate surface area is 229 Å². The summed E-state index contributed by atoms with van der Waals surface area (Å²) in [6.07, 6.45) is -2.12. The number of nitrogens with zero attached hydrogens (tertiary/aromatic N) is 4. The summed E-state index contributed by atoms with van der Waals surface area (Å²) in [5.41, 5.74) is -2.78. The Hall–Kier alpha value is -2.94. The monoisotopic (exact) mass is 635 g/mol. The second-order valence-corrected chi connectivity index (χ2v) is 10.7. The number of benzene rings is 1. The number of hydrogen-bond acceptors (Lipinski definition) is 5. The molecule has 3 atom stereocenters. The van der Waals surface area contributed by atoms with Crippen molar-refractivity contribution in [3.8, 4) is 0 Å². The Kier molecular flexibility index (Phi) is 6.81. The fourth-order valence-corrected chi connectivity index (χ4v) is 5.78. The molecule has 15 heteroatoms. The Bertz CT molecular complexity index is 1490. The molecule has 2 heterocycles. The van der Waals surface area contributed by atoms with Gasteiger partial charge in [0.15, 0.2) is 10.9 Å². The Morgan fingerprint density at radius 1 is 1.26 bits per heavy atom. The third-order valence-corrected chi connectivity index (χ3v) is 7.72. The molecule has 1 fully saturated rings. The Morgan fingerprint density at radius 3 is 2.54 bits per heavy atom. The smallest absolute Gasteiger partial charge is 0.346 e. The predicted molar refractivity (Wildman–Crippen MR) is 129 cm³/mol. The van der Waals surface area contributed by atoms with Crippen LogP contribution in [0.4, 0.5) is 30.7 Å². The van der Waals surface area contributed by atoms with Gasteiger partial charge in [0.05, 0.1) is 22.1 Å². The normalized spacial score (nSPS) is 20.0. The molecule has 2 aliphatic carbocycles. The molecule has 3 aromatic rings. The largest absolute Gasteiger partial charge is 0.435 e. The minimum Gasteiger partial charge on any atom is -0.346 e. The van der Waals surface area contributed by atoms with Crippen LogP contribution < -0.4 is 5.32 Å². The van der Waals surface area contributed by atoms with Gasteiger partial charge in [-0.1, -0.05) is 23.9 Å². The molecule has 1 N–H and O–H groups in total. The first-order chi connectivity index (χ1) is 18.2. The number of allylic oxidation sites excluding steroid dienone is 1. The zero-order chi connectivity index (χ0) is 28.4. The van der Waals surface area contributed by atoms with Gasteiger partial charge in [0.1, 0.15) is 23.9 Å². The Balaban J connectivity index is 1.49. The first-order valence-electron chi connectivity index (χ1n) is 11.3. The maximum absolute atomic E-state index is 15.0. The van der Waals surface area contributed by atoms with Gasteiger partial charge in [0.2, 0.25) is 5.91 Å². The van der Waals surface area contributed by atoms with Crippen molar-refractivity contribution in [1.29, 1.82) is 0 Å². The van der Waals surface area contributed by atoms with Gasteiger partial charge in [-0.25, -0.2) is 18.7 Å². The van der Waals surface area contributed by atoms with E-state index in [-0.39, 0.29) is 23.3 Å². The van der Waals surface area contributed by atoms with E-state index in [2.05, 4.69) is 42.9 Å². The minimum absolute atomic E-state index is 0.0115. The average Bonchev–Trinajstić information content (AvgIpc) is 3.22. The Morgan fingerprint density at radius 2 is 1.92 bits per heavy atom. The third-order valence-electron chi connectivity index (χ3n) is 6.55. The molecule has 0 aliphatic heterocycles. The number of fused-ring (bicyclic) bond motifs is 3. The number of rotatable bonds is 7. The maximum atomic E-state index is 15.0. The van der Waals surface area contributed by atoms with E-state index in [0.717, 1.165) is 12.1 Å². The lowest BCUT2D eigenvalue weighted by Crippen LogP contribution is -2.35. The second kappa shape index (κ2) is 9.61. The molecule has 2 aliphatic rings.